The lowest BCUT2D eigenvalue weighted by Gasteiger charge is -2.14. The maximum atomic E-state index is 8.71. The number of hydrogen-bond donors (Lipinski definition) is 1. The Kier molecular flexibility index (Phi) is 7.02. The van der Waals surface area contributed by atoms with Crippen LogP contribution in [0.3, 0.4) is 0 Å². The molecule has 0 bridgehead atoms. The van der Waals surface area contributed by atoms with Gasteiger partial charge >= 0.3 is 0 Å². The molecule has 1 N–H and O–H groups in total. The number of aliphatic hydroxyl groups excluding tert-OH is 1. The molecule has 0 fully saturated rings. The summed E-state index contributed by atoms with van der Waals surface area (Å²) in [5.74, 6) is 6.33. The molecule has 0 heterocycles. The molecule has 3 nitrogen and oxygen atoms in total. The molecule has 104 valence electrons. The van der Waals surface area contributed by atoms with Crippen LogP contribution in [0.25, 0.3) is 0 Å². The first kappa shape index (κ1) is 15.6. The number of benzene rings is 1. The Morgan fingerprint density at radius 1 is 1.37 bits per heavy atom. The molecular weight excluding hydrogens is 240 g/mol. The Morgan fingerprint density at radius 2 is 2.16 bits per heavy atom. The molecule has 1 aromatic rings. The second-order valence-corrected chi connectivity index (χ2v) is 4.40. The molecule has 1 aromatic carbocycles. The lowest BCUT2D eigenvalue weighted by molar-refractivity contribution is 0.0461. The zero-order valence-corrected chi connectivity index (χ0v) is 11.9. The fourth-order valence-corrected chi connectivity index (χ4v) is 1.83. The van der Waals surface area contributed by atoms with Crippen molar-refractivity contribution in [1.82, 2.24) is 0 Å². The highest BCUT2D eigenvalue weighted by molar-refractivity contribution is 5.44. The van der Waals surface area contributed by atoms with Crippen molar-refractivity contribution >= 4 is 0 Å². The van der Waals surface area contributed by atoms with Crippen LogP contribution in [0.2, 0.25) is 0 Å². The van der Waals surface area contributed by atoms with Crippen molar-refractivity contribution in [1.29, 1.82) is 0 Å². The molecule has 0 spiro atoms. The Balaban J connectivity index is 2.78. The van der Waals surface area contributed by atoms with Gasteiger partial charge in [-0.15, -0.1) is 0 Å². The maximum absolute atomic E-state index is 8.71. The van der Waals surface area contributed by atoms with Crippen molar-refractivity contribution < 1.29 is 14.6 Å². The van der Waals surface area contributed by atoms with Crippen molar-refractivity contribution in [2.45, 2.75) is 39.4 Å². The number of methoxy groups -OCH3 is 1. The standard InChI is InChI=1S/C16H22O3/c1-4-6-13(2)19-12-15-11-14(7-5-10-17)8-9-16(15)18-3/h8-9,11,13,17H,4,6,10,12H2,1-3H3. The molecular formula is C16H22O3. The first-order chi connectivity index (χ1) is 9.21. The minimum Gasteiger partial charge on any atom is -0.496 e. The molecule has 1 rings (SSSR count). The van der Waals surface area contributed by atoms with Crippen LogP contribution in [0, 0.1) is 11.8 Å². The third-order valence-corrected chi connectivity index (χ3v) is 2.81. The van der Waals surface area contributed by atoms with Gasteiger partial charge in [0.25, 0.3) is 0 Å². The predicted molar refractivity (Wildman–Crippen MR) is 76.1 cm³/mol. The highest BCUT2D eigenvalue weighted by Crippen LogP contribution is 2.21. The van der Waals surface area contributed by atoms with Crippen LogP contribution in [-0.4, -0.2) is 24.9 Å². The normalized spacial score (nSPS) is 11.6. The Hall–Kier alpha value is -1.50. The van der Waals surface area contributed by atoms with E-state index in [1.165, 1.54) is 0 Å². The van der Waals surface area contributed by atoms with Gasteiger partial charge < -0.3 is 14.6 Å². The van der Waals surface area contributed by atoms with E-state index in [1.807, 2.05) is 18.2 Å². The summed E-state index contributed by atoms with van der Waals surface area (Å²) in [7, 11) is 1.65. The maximum Gasteiger partial charge on any atom is 0.124 e. The van der Waals surface area contributed by atoms with Gasteiger partial charge in [-0.1, -0.05) is 25.2 Å². The summed E-state index contributed by atoms with van der Waals surface area (Å²) >= 11 is 0. The summed E-state index contributed by atoms with van der Waals surface area (Å²) in [5.41, 5.74) is 1.84. The van der Waals surface area contributed by atoms with E-state index in [0.29, 0.717) is 6.61 Å². The van der Waals surface area contributed by atoms with Crippen LogP contribution in [0.1, 0.15) is 37.8 Å². The molecule has 0 saturated heterocycles. The second-order valence-electron chi connectivity index (χ2n) is 4.40. The monoisotopic (exact) mass is 262 g/mol. The van der Waals surface area contributed by atoms with Gasteiger partial charge in [-0.25, -0.2) is 0 Å². The summed E-state index contributed by atoms with van der Waals surface area (Å²) in [6.45, 7) is 4.60. The average molecular weight is 262 g/mol. The first-order valence-electron chi connectivity index (χ1n) is 6.59. The summed E-state index contributed by atoms with van der Waals surface area (Å²) in [6, 6.07) is 5.70. The summed E-state index contributed by atoms with van der Waals surface area (Å²) < 4.78 is 11.1. The van der Waals surface area contributed by atoms with E-state index < -0.39 is 0 Å². The molecule has 1 atom stereocenters. The van der Waals surface area contributed by atoms with Gasteiger partial charge in [0.2, 0.25) is 0 Å². The van der Waals surface area contributed by atoms with E-state index in [2.05, 4.69) is 25.7 Å². The minimum atomic E-state index is -0.134. The quantitative estimate of drug-likeness (QED) is 0.801. The van der Waals surface area contributed by atoms with Crippen molar-refractivity contribution in [3.8, 4) is 17.6 Å². The zero-order chi connectivity index (χ0) is 14.1. The Labute approximate surface area is 115 Å². The minimum absolute atomic E-state index is 0.134. The van der Waals surface area contributed by atoms with E-state index in [0.717, 1.165) is 29.7 Å². The first-order valence-corrected chi connectivity index (χ1v) is 6.59. The van der Waals surface area contributed by atoms with Crippen molar-refractivity contribution in [3.05, 3.63) is 29.3 Å². The highest BCUT2D eigenvalue weighted by atomic mass is 16.5. The largest absolute Gasteiger partial charge is 0.496 e. The van der Waals surface area contributed by atoms with Gasteiger partial charge in [0.05, 0.1) is 19.8 Å². The van der Waals surface area contributed by atoms with E-state index in [1.54, 1.807) is 7.11 Å². The van der Waals surface area contributed by atoms with Gasteiger partial charge in [-0.2, -0.15) is 0 Å². The molecule has 0 aliphatic carbocycles. The molecule has 0 aliphatic heterocycles. The molecule has 1 unspecified atom stereocenters. The molecule has 19 heavy (non-hydrogen) atoms. The molecule has 0 aliphatic rings. The SMILES string of the molecule is CCCC(C)OCc1cc(C#CCO)ccc1OC. The van der Waals surface area contributed by atoms with Crippen LogP contribution in [-0.2, 0) is 11.3 Å². The van der Waals surface area contributed by atoms with E-state index in [-0.39, 0.29) is 12.7 Å². The molecule has 0 aromatic heterocycles. The number of aliphatic hydroxyl groups is 1. The van der Waals surface area contributed by atoms with E-state index in [9.17, 15) is 0 Å². The Bertz CT molecular complexity index is 443. The highest BCUT2D eigenvalue weighted by Gasteiger charge is 2.07. The molecule has 3 heteroatoms. The van der Waals surface area contributed by atoms with E-state index >= 15 is 0 Å². The molecule has 0 radical (unpaired) electrons. The molecule has 0 saturated carbocycles. The average Bonchev–Trinajstić information content (AvgIpc) is 2.43. The fourth-order valence-electron chi connectivity index (χ4n) is 1.83. The summed E-state index contributed by atoms with van der Waals surface area (Å²) in [4.78, 5) is 0. The van der Waals surface area contributed by atoms with Crippen molar-refractivity contribution in [2.24, 2.45) is 0 Å². The van der Waals surface area contributed by atoms with Crippen LogP contribution in [0.4, 0.5) is 0 Å². The van der Waals surface area contributed by atoms with Crippen LogP contribution < -0.4 is 4.74 Å². The predicted octanol–water partition coefficient (Wildman–Crippen LogP) is 2.74. The van der Waals surface area contributed by atoms with Gasteiger partial charge in [-0.05, 0) is 31.5 Å². The number of rotatable bonds is 6. The lowest BCUT2D eigenvalue weighted by Crippen LogP contribution is -2.08. The fraction of sp³-hybridized carbons (Fsp3) is 0.500. The van der Waals surface area contributed by atoms with E-state index in [4.69, 9.17) is 14.6 Å². The van der Waals surface area contributed by atoms with Crippen LogP contribution in [0.5, 0.6) is 5.75 Å². The number of hydrogen-bond acceptors (Lipinski definition) is 3. The summed E-state index contributed by atoms with van der Waals surface area (Å²) in [5, 5.41) is 8.71. The van der Waals surface area contributed by atoms with Gasteiger partial charge in [0.15, 0.2) is 0 Å². The topological polar surface area (TPSA) is 38.7 Å². The Morgan fingerprint density at radius 3 is 2.79 bits per heavy atom. The lowest BCUT2D eigenvalue weighted by atomic mass is 10.1. The molecule has 0 amide bonds. The number of ether oxygens (including phenoxy) is 2. The third-order valence-electron chi connectivity index (χ3n) is 2.81. The van der Waals surface area contributed by atoms with Crippen LogP contribution >= 0.6 is 0 Å². The smallest absolute Gasteiger partial charge is 0.124 e. The van der Waals surface area contributed by atoms with Crippen molar-refractivity contribution in [3.63, 3.8) is 0 Å². The van der Waals surface area contributed by atoms with Gasteiger partial charge in [0.1, 0.15) is 12.4 Å². The van der Waals surface area contributed by atoms with Crippen molar-refractivity contribution in [2.75, 3.05) is 13.7 Å². The van der Waals surface area contributed by atoms with Gasteiger partial charge in [0, 0.05) is 11.1 Å². The zero-order valence-electron chi connectivity index (χ0n) is 11.9. The third kappa shape index (κ3) is 5.34. The second kappa shape index (κ2) is 8.58. The summed E-state index contributed by atoms with van der Waals surface area (Å²) in [6.07, 6.45) is 2.40. The van der Waals surface area contributed by atoms with Crippen LogP contribution in [0.15, 0.2) is 18.2 Å². The van der Waals surface area contributed by atoms with Gasteiger partial charge in [-0.3, -0.25) is 0 Å².